The maximum atomic E-state index is 14.8. The van der Waals surface area contributed by atoms with Crippen LogP contribution in [0.25, 0.3) is 0 Å². The second-order valence-electron chi connectivity index (χ2n) is 31.8. The summed E-state index contributed by atoms with van der Waals surface area (Å²) in [7, 11) is -4.78. The molecule has 16 aliphatic heterocycles. The van der Waals surface area contributed by atoms with Crippen LogP contribution in [0.4, 0.5) is 52.7 Å². The number of alkyl halides is 12. The van der Waals surface area contributed by atoms with Crippen molar-refractivity contribution in [3.8, 4) is 0 Å². The van der Waals surface area contributed by atoms with Crippen LogP contribution in [0, 0.1) is 71.0 Å². The molecule has 0 aromatic rings. The van der Waals surface area contributed by atoms with E-state index in [-0.39, 0.29) is 77.0 Å². The van der Waals surface area contributed by atoms with Crippen LogP contribution in [0.1, 0.15) is 172 Å². The summed E-state index contributed by atoms with van der Waals surface area (Å²) >= 11 is 0.978. The quantitative estimate of drug-likeness (QED) is 0.119. The third-order valence-corrected chi connectivity index (χ3v) is 27.8. The van der Waals surface area contributed by atoms with Gasteiger partial charge in [-0.2, -0.15) is 64.4 Å². The molecular weight excluding hydrogens is 1430 g/mol. The molecule has 102 heavy (non-hydrogen) atoms. The van der Waals surface area contributed by atoms with Gasteiger partial charge in [0.15, 0.2) is 32.2 Å². The molecule has 0 aromatic carbocycles. The number of hydrogen-bond acceptors (Lipinski definition) is 21. The van der Waals surface area contributed by atoms with Gasteiger partial charge in [-0.3, -0.25) is 4.79 Å². The lowest BCUT2D eigenvalue weighted by Crippen LogP contribution is -2.68. The van der Waals surface area contributed by atoms with Crippen LogP contribution >= 0.6 is 11.8 Å². The van der Waals surface area contributed by atoms with Crippen LogP contribution in [0.5, 0.6) is 0 Å². The van der Waals surface area contributed by atoms with Gasteiger partial charge >= 0.3 is 30.7 Å². The molecular formula is C68H88F12O20S2. The first-order valence-electron chi connectivity index (χ1n) is 35.5. The molecule has 34 heteroatoms. The topological polar surface area (TPSA) is 208 Å². The van der Waals surface area contributed by atoms with Crippen molar-refractivity contribution in [2.24, 2.45) is 71.0 Å². The predicted molar refractivity (Wildman–Crippen MR) is 326 cm³/mol. The lowest BCUT2D eigenvalue weighted by atomic mass is 9.59. The van der Waals surface area contributed by atoms with E-state index < -0.39 is 186 Å². The number of allylic oxidation sites excluding steroid dienone is 4. The van der Waals surface area contributed by atoms with E-state index in [1.54, 1.807) is 20.8 Å². The Balaban J connectivity index is 0.000000160. The molecule has 24 atom stereocenters. The predicted octanol–water partition coefficient (Wildman–Crippen LogP) is 14.9. The maximum Gasteiger partial charge on any atom is 0.449 e. The highest BCUT2D eigenvalue weighted by molar-refractivity contribution is 7.99. The van der Waals surface area contributed by atoms with Crippen molar-refractivity contribution in [1.29, 1.82) is 0 Å². The number of ether oxygens (including phenoxy) is 9. The fourth-order valence-electron chi connectivity index (χ4n) is 20.6. The zero-order valence-electron chi connectivity index (χ0n) is 58.1. The Morgan fingerprint density at radius 3 is 0.882 bits per heavy atom. The van der Waals surface area contributed by atoms with Gasteiger partial charge < -0.3 is 42.6 Å². The maximum absolute atomic E-state index is 14.8. The average Bonchev–Trinajstić information content (AvgIpc) is 1.33. The van der Waals surface area contributed by atoms with Crippen molar-refractivity contribution in [2.75, 3.05) is 29.6 Å². The fourth-order valence-corrected chi connectivity index (χ4v) is 23.5. The summed E-state index contributed by atoms with van der Waals surface area (Å²) in [5.41, 5.74) is -7.10. The molecule has 4 aliphatic carbocycles. The second-order valence-corrected chi connectivity index (χ2v) is 34.8. The molecule has 20 rings (SSSR count). The number of esters is 1. The SMILES string of the molecule is CCOC(C)=O.C[C@@H]1CC[C@H]2C(CS(=O)(=O)CC3=C(C(F)(F)F)O[C@@H]4O[C@]5(C)CCC6[C@H](C)CC[C@@H]3[C@]64OO5)=C(C(F)(F)F)O[C@@H]3O[C@]4(C)CCC1[C@]32OO4.C[C@@H]1CC[C@H]2C(CSCC3=C(C(F)(F)F)O[C@@H]4O[C@]5(C)CCC6[C@H](C)CC[C@@H]3[C@]64OO5)=C(C(F)(F)F)O[C@@H]3O[C@]4(C)CCC1[C@]32OO4. The summed E-state index contributed by atoms with van der Waals surface area (Å²) in [5.74, 6) is -18.7. The van der Waals surface area contributed by atoms with Crippen LogP contribution < -0.4 is 0 Å². The number of sulfone groups is 1. The number of rotatable bonds is 9. The summed E-state index contributed by atoms with van der Waals surface area (Å²) in [6.45, 7) is 18.0. The lowest BCUT2D eigenvalue weighted by molar-refractivity contribution is -0.557. The molecule has 0 radical (unpaired) electrons. The van der Waals surface area contributed by atoms with Crippen molar-refractivity contribution in [3.63, 3.8) is 0 Å². The van der Waals surface area contributed by atoms with Gasteiger partial charge in [0.05, 0.1) is 18.1 Å². The van der Waals surface area contributed by atoms with Crippen molar-refractivity contribution >= 4 is 27.6 Å². The third-order valence-electron chi connectivity index (χ3n) is 25.3. The van der Waals surface area contributed by atoms with Gasteiger partial charge in [-0.1, -0.05) is 27.7 Å². The van der Waals surface area contributed by atoms with Gasteiger partial charge in [-0.15, -0.1) is 0 Å². The molecule has 4 saturated carbocycles. The molecule has 8 bridgehead atoms. The molecule has 576 valence electrons. The summed E-state index contributed by atoms with van der Waals surface area (Å²) in [5, 5.41) is 0. The molecule has 12 saturated heterocycles. The first kappa shape index (κ1) is 75.4. The van der Waals surface area contributed by atoms with Crippen molar-refractivity contribution < 1.29 is 148 Å². The first-order chi connectivity index (χ1) is 47.5. The highest BCUT2D eigenvalue weighted by Gasteiger charge is 2.76. The standard InChI is InChI=1S/C32H40F6O10S.C32H40F6O8S.C4H8O2/c1-15-5-7-21-17(23(31(33,34)35)41-25-29(21)19(15)9-11-27(3,43-25)45-47-29)13-49(39,40)14-18-22-8-6-16(2)20-10-12-28(4)44-26(30(20,22)48-46-28)42-24(18)32(36,37)38;1-15-5-7-21-17(23(31(33,34)35)39-25-29(21)19(15)9-11-27(3,41-25)43-45-29)13-47-14-18-22-8-6-16(2)20-10-12-28(4)42-26(30(20,22)46-44-28)40-24(18)32(36,37)38;1-3-6-4(2)5/h15-16,19-22,25-26H,5-14H2,1-4H3;15-16,19-22,25-26H,5-14H2,1-4H3;3H2,1-2H3/t2*15-,16-,19?,20?,21+,22+,25-,26-,27+,28+,29-,30-;/m11./s1. The monoisotopic (exact) mass is 1520 g/mol. The molecule has 4 unspecified atom stereocenters. The minimum atomic E-state index is -5.14. The Morgan fingerprint density at radius 1 is 0.412 bits per heavy atom. The Labute approximate surface area is 586 Å². The Hall–Kier alpha value is -3.39. The Kier molecular flexibility index (Phi) is 18.9. The van der Waals surface area contributed by atoms with Crippen LogP contribution in [0.3, 0.4) is 0 Å². The number of fused-ring (bicyclic) bond motifs is 8. The second kappa shape index (κ2) is 25.6. The molecule has 16 fully saturated rings. The Bertz CT molecular complexity index is 3320. The molecule has 20 nitrogen and oxygen atoms in total. The van der Waals surface area contributed by atoms with Crippen molar-refractivity contribution in [1.82, 2.24) is 0 Å². The highest BCUT2D eigenvalue weighted by Crippen LogP contribution is 2.68. The number of carbonyl (C=O) groups excluding carboxylic acids is 1. The zero-order chi connectivity index (χ0) is 73.5. The summed E-state index contributed by atoms with van der Waals surface area (Å²) < 4.78 is 256. The molecule has 0 N–H and O–H groups in total. The van der Waals surface area contributed by atoms with E-state index in [1.165, 1.54) is 20.8 Å². The van der Waals surface area contributed by atoms with Gasteiger partial charge in [-0.25, -0.2) is 47.5 Å². The van der Waals surface area contributed by atoms with E-state index in [4.69, 9.17) is 77.0 Å². The first-order valence-corrected chi connectivity index (χ1v) is 38.4. The largest absolute Gasteiger partial charge is 0.466 e. The van der Waals surface area contributed by atoms with Gasteiger partial charge in [0, 0.05) is 91.5 Å². The Morgan fingerprint density at radius 2 is 0.657 bits per heavy atom. The van der Waals surface area contributed by atoms with E-state index in [1.807, 2.05) is 27.7 Å². The molecule has 4 spiro atoms. The minimum absolute atomic E-state index is 0.0451. The lowest BCUT2D eigenvalue weighted by Gasteiger charge is -2.58. The fraction of sp³-hybridized carbons (Fsp3) is 0.868. The van der Waals surface area contributed by atoms with E-state index in [0.29, 0.717) is 96.5 Å². The van der Waals surface area contributed by atoms with Crippen LogP contribution in [-0.2, 0) is 96.4 Å². The van der Waals surface area contributed by atoms with Crippen LogP contribution in [-0.4, -0.2) is 139 Å². The van der Waals surface area contributed by atoms with Crippen molar-refractivity contribution in [3.05, 3.63) is 45.3 Å². The number of halogens is 12. The van der Waals surface area contributed by atoms with E-state index >= 15 is 0 Å². The minimum Gasteiger partial charge on any atom is -0.466 e. The summed E-state index contributed by atoms with van der Waals surface area (Å²) in [4.78, 5) is 56.5. The van der Waals surface area contributed by atoms with Gasteiger partial charge in [0.25, 0.3) is 0 Å². The third kappa shape index (κ3) is 12.3. The van der Waals surface area contributed by atoms with Crippen molar-refractivity contribution in [2.45, 2.75) is 267 Å². The average molecular weight is 1520 g/mol. The van der Waals surface area contributed by atoms with Gasteiger partial charge in [0.2, 0.25) is 71.3 Å². The van der Waals surface area contributed by atoms with Gasteiger partial charge in [0.1, 0.15) is 0 Å². The molecule has 16 heterocycles. The normalized spacial score (nSPS) is 46.1. The smallest absolute Gasteiger partial charge is 0.449 e. The summed E-state index contributed by atoms with van der Waals surface area (Å²) in [6.07, 6.45) is -19.0. The van der Waals surface area contributed by atoms with Gasteiger partial charge in [-0.05, 0) is 158 Å². The number of carbonyl (C=O) groups is 1. The highest BCUT2D eigenvalue weighted by atomic mass is 32.2. The molecule has 0 amide bonds. The molecule has 20 aliphatic rings. The number of thioether (sulfide) groups is 1. The summed E-state index contributed by atoms with van der Waals surface area (Å²) in [6, 6.07) is 0. The van der Waals surface area contributed by atoms with Crippen LogP contribution in [0.15, 0.2) is 45.3 Å². The molecule has 0 aromatic heterocycles. The number of hydrogen-bond donors (Lipinski definition) is 0. The van der Waals surface area contributed by atoms with Crippen LogP contribution in [0.2, 0.25) is 0 Å². The van der Waals surface area contributed by atoms with E-state index in [2.05, 4.69) is 4.74 Å². The van der Waals surface area contributed by atoms with E-state index in [9.17, 15) is 65.9 Å². The van der Waals surface area contributed by atoms with E-state index in [0.717, 1.165) is 11.8 Å². The zero-order valence-corrected chi connectivity index (χ0v) is 59.7.